The maximum Gasteiger partial charge on any atom is 0.329 e. The lowest BCUT2D eigenvalue weighted by atomic mass is 9.94. The molecule has 1 unspecified atom stereocenters. The lowest BCUT2D eigenvalue weighted by Crippen LogP contribution is -2.52. The fourth-order valence-corrected chi connectivity index (χ4v) is 1.74. The maximum absolute atomic E-state index is 11.9. The molecule has 1 rings (SSSR count). The van der Waals surface area contributed by atoms with Crippen molar-refractivity contribution in [2.75, 3.05) is 0 Å². The zero-order valence-electron chi connectivity index (χ0n) is 11.5. The number of hydrogen-bond donors (Lipinski definition) is 2. The molecule has 106 valence electrons. The first-order valence-electron chi connectivity index (χ1n) is 6.38. The number of aromatic nitrogens is 1. The van der Waals surface area contributed by atoms with Crippen LogP contribution < -0.4 is 5.32 Å². The van der Waals surface area contributed by atoms with Crippen LogP contribution in [0.25, 0.3) is 0 Å². The number of carbonyl (C=O) groups is 2. The van der Waals surface area contributed by atoms with Gasteiger partial charge in [-0.05, 0) is 20.3 Å². The lowest BCUT2D eigenvalue weighted by Gasteiger charge is -2.25. The molecule has 0 aliphatic carbocycles. The third-order valence-corrected chi connectivity index (χ3v) is 3.00. The van der Waals surface area contributed by atoms with Crippen LogP contribution in [-0.2, 0) is 4.79 Å². The highest BCUT2D eigenvalue weighted by atomic mass is 16.5. The lowest BCUT2D eigenvalue weighted by molar-refractivity contribution is -0.144. The highest BCUT2D eigenvalue weighted by molar-refractivity contribution is 5.96. The Kier molecular flexibility index (Phi) is 5.09. The molecule has 0 fully saturated rings. The predicted molar refractivity (Wildman–Crippen MR) is 68.9 cm³/mol. The second kappa shape index (κ2) is 6.36. The van der Waals surface area contributed by atoms with Crippen LogP contribution in [0.1, 0.15) is 55.8 Å². The van der Waals surface area contributed by atoms with Gasteiger partial charge < -0.3 is 14.9 Å². The molecule has 1 atom stereocenters. The minimum absolute atomic E-state index is 0.0977. The fraction of sp³-hybridized carbons (Fsp3) is 0.615. The van der Waals surface area contributed by atoms with Crippen molar-refractivity contribution < 1.29 is 19.2 Å². The number of amides is 1. The Bertz CT molecular complexity index is 455. The summed E-state index contributed by atoms with van der Waals surface area (Å²) in [6, 6.07) is 1.48. The molecular formula is C13H20N2O4. The number of hydrogen-bond acceptors (Lipinski definition) is 4. The van der Waals surface area contributed by atoms with Gasteiger partial charge in [-0.15, -0.1) is 0 Å². The zero-order chi connectivity index (χ0) is 14.5. The molecule has 0 radical (unpaired) electrons. The van der Waals surface area contributed by atoms with Crippen LogP contribution in [0.4, 0.5) is 0 Å². The quantitative estimate of drug-likeness (QED) is 0.739. The monoisotopic (exact) mass is 268 g/mol. The minimum Gasteiger partial charge on any atom is -0.480 e. The summed E-state index contributed by atoms with van der Waals surface area (Å²) in [5.41, 5.74) is -1.18. The van der Waals surface area contributed by atoms with E-state index in [1.54, 1.807) is 6.92 Å². The molecule has 0 bridgehead atoms. The van der Waals surface area contributed by atoms with E-state index in [2.05, 4.69) is 10.5 Å². The number of aliphatic carboxylic acids is 1. The Hall–Kier alpha value is -1.85. The van der Waals surface area contributed by atoms with E-state index in [4.69, 9.17) is 4.52 Å². The first-order valence-corrected chi connectivity index (χ1v) is 6.38. The molecule has 6 heteroatoms. The second-order valence-electron chi connectivity index (χ2n) is 4.87. The van der Waals surface area contributed by atoms with Gasteiger partial charge in [-0.3, -0.25) is 4.79 Å². The molecule has 0 spiro atoms. The Morgan fingerprint density at radius 1 is 1.47 bits per heavy atom. The van der Waals surface area contributed by atoms with Crippen molar-refractivity contribution in [3.8, 4) is 0 Å². The molecule has 0 saturated carbocycles. The van der Waals surface area contributed by atoms with E-state index in [9.17, 15) is 14.7 Å². The van der Waals surface area contributed by atoms with E-state index in [1.165, 1.54) is 13.0 Å². The topological polar surface area (TPSA) is 92.4 Å². The van der Waals surface area contributed by atoms with Gasteiger partial charge in [0.2, 0.25) is 0 Å². The largest absolute Gasteiger partial charge is 0.480 e. The third kappa shape index (κ3) is 4.08. The third-order valence-electron chi connectivity index (χ3n) is 3.00. The Balaban J connectivity index is 2.72. The predicted octanol–water partition coefficient (Wildman–Crippen LogP) is 2.14. The van der Waals surface area contributed by atoms with Gasteiger partial charge in [0.05, 0.1) is 0 Å². The number of unbranched alkanes of at least 4 members (excludes halogenated alkanes) is 2. The molecule has 1 amide bonds. The van der Waals surface area contributed by atoms with Gasteiger partial charge >= 0.3 is 5.97 Å². The molecule has 0 saturated heterocycles. The van der Waals surface area contributed by atoms with E-state index in [0.29, 0.717) is 12.2 Å². The molecule has 6 nitrogen and oxygen atoms in total. The van der Waals surface area contributed by atoms with Gasteiger partial charge in [0.15, 0.2) is 5.69 Å². The van der Waals surface area contributed by atoms with Crippen LogP contribution in [0, 0.1) is 6.92 Å². The molecule has 0 aliphatic rings. The van der Waals surface area contributed by atoms with Gasteiger partial charge in [0.1, 0.15) is 11.3 Å². The summed E-state index contributed by atoms with van der Waals surface area (Å²) in [4.78, 5) is 23.2. The van der Waals surface area contributed by atoms with Crippen LogP contribution in [0.15, 0.2) is 10.6 Å². The second-order valence-corrected chi connectivity index (χ2v) is 4.87. The average Bonchev–Trinajstić information content (AvgIpc) is 2.76. The van der Waals surface area contributed by atoms with E-state index >= 15 is 0 Å². The standard InChI is InChI=1S/C13H20N2O4/c1-4-5-6-7-13(3,12(17)18)14-11(16)10-8-9(2)19-15-10/h8H,4-7H2,1-3H3,(H,14,16)(H,17,18). The Morgan fingerprint density at radius 2 is 2.16 bits per heavy atom. The van der Waals surface area contributed by atoms with Crippen LogP contribution in [0.3, 0.4) is 0 Å². The van der Waals surface area contributed by atoms with Crippen molar-refractivity contribution in [1.29, 1.82) is 0 Å². The van der Waals surface area contributed by atoms with E-state index in [-0.39, 0.29) is 5.69 Å². The van der Waals surface area contributed by atoms with Crippen molar-refractivity contribution in [2.24, 2.45) is 0 Å². The molecule has 1 aromatic rings. The number of carboxylic acids is 1. The van der Waals surface area contributed by atoms with Crippen molar-refractivity contribution in [1.82, 2.24) is 10.5 Å². The van der Waals surface area contributed by atoms with Gasteiger partial charge in [-0.2, -0.15) is 0 Å². The molecule has 2 N–H and O–H groups in total. The first-order chi connectivity index (χ1) is 8.89. The zero-order valence-corrected chi connectivity index (χ0v) is 11.5. The summed E-state index contributed by atoms with van der Waals surface area (Å²) in [6.45, 7) is 5.21. The van der Waals surface area contributed by atoms with Crippen LogP contribution in [0.2, 0.25) is 0 Å². The number of aryl methyl sites for hydroxylation is 1. The summed E-state index contributed by atoms with van der Waals surface area (Å²) in [6.07, 6.45) is 3.06. The van der Waals surface area contributed by atoms with Crippen LogP contribution in [-0.4, -0.2) is 27.7 Å². The van der Waals surface area contributed by atoms with Gasteiger partial charge in [-0.1, -0.05) is 31.3 Å². The molecule has 1 heterocycles. The number of rotatable bonds is 7. The molecule has 0 aromatic carbocycles. The Morgan fingerprint density at radius 3 is 2.63 bits per heavy atom. The summed E-state index contributed by atoms with van der Waals surface area (Å²) >= 11 is 0. The minimum atomic E-state index is -1.28. The van der Waals surface area contributed by atoms with Crippen molar-refractivity contribution in [3.63, 3.8) is 0 Å². The SMILES string of the molecule is CCCCCC(C)(NC(=O)c1cc(C)on1)C(=O)O. The fourth-order valence-electron chi connectivity index (χ4n) is 1.74. The van der Waals surface area contributed by atoms with E-state index < -0.39 is 17.4 Å². The maximum atomic E-state index is 11.9. The highest BCUT2D eigenvalue weighted by Crippen LogP contribution is 2.16. The van der Waals surface area contributed by atoms with Crippen LogP contribution in [0.5, 0.6) is 0 Å². The van der Waals surface area contributed by atoms with Crippen molar-refractivity contribution in [2.45, 2.75) is 52.0 Å². The summed E-state index contributed by atoms with van der Waals surface area (Å²) in [7, 11) is 0. The smallest absolute Gasteiger partial charge is 0.329 e. The summed E-state index contributed by atoms with van der Waals surface area (Å²) in [5.74, 6) is -1.07. The van der Waals surface area contributed by atoms with Crippen molar-refractivity contribution >= 4 is 11.9 Å². The number of carboxylic acid groups (broad SMARTS) is 1. The Labute approximate surface area is 112 Å². The molecular weight excluding hydrogens is 248 g/mol. The summed E-state index contributed by atoms with van der Waals surface area (Å²) in [5, 5.41) is 15.4. The first kappa shape index (κ1) is 15.2. The van der Waals surface area contributed by atoms with Crippen LogP contribution >= 0.6 is 0 Å². The average molecular weight is 268 g/mol. The van der Waals surface area contributed by atoms with Crippen molar-refractivity contribution in [3.05, 3.63) is 17.5 Å². The number of nitrogens with one attached hydrogen (secondary N) is 1. The molecule has 0 aliphatic heterocycles. The summed E-state index contributed by atoms with van der Waals surface area (Å²) < 4.78 is 4.80. The van der Waals surface area contributed by atoms with Gasteiger partial charge in [-0.25, -0.2) is 4.79 Å². The van der Waals surface area contributed by atoms with Gasteiger partial charge in [0, 0.05) is 6.07 Å². The normalized spacial score (nSPS) is 13.8. The number of carbonyl (C=O) groups excluding carboxylic acids is 1. The molecule has 19 heavy (non-hydrogen) atoms. The highest BCUT2D eigenvalue weighted by Gasteiger charge is 2.35. The van der Waals surface area contributed by atoms with Gasteiger partial charge in [0.25, 0.3) is 5.91 Å². The molecule has 1 aromatic heterocycles. The number of nitrogens with zero attached hydrogens (tertiary/aromatic N) is 1. The van der Waals surface area contributed by atoms with E-state index in [0.717, 1.165) is 19.3 Å². The van der Waals surface area contributed by atoms with E-state index in [1.807, 2.05) is 6.92 Å².